The van der Waals surface area contributed by atoms with E-state index < -0.39 is 11.6 Å². The summed E-state index contributed by atoms with van der Waals surface area (Å²) in [6, 6.07) is 4.29. The molecule has 1 atom stereocenters. The van der Waals surface area contributed by atoms with Crippen molar-refractivity contribution in [2.24, 2.45) is 11.3 Å². The first-order valence-electron chi connectivity index (χ1n) is 7.30. The van der Waals surface area contributed by atoms with Gasteiger partial charge < -0.3 is 4.74 Å². The Morgan fingerprint density at radius 3 is 2.38 bits per heavy atom. The van der Waals surface area contributed by atoms with Gasteiger partial charge in [-0.25, -0.2) is 9.82 Å². The molecular formula is C16H24ClFN2O. The number of hydrazine groups is 1. The standard InChI is InChI=1S/C16H24ClFN2O/c1-15(2)6-8-16(21-3,9-7-15)14(20-19)12-5-4-11(17)10-13(12)18/h4-5,10,14,20H,6-9,19H2,1-3H3. The van der Waals surface area contributed by atoms with Gasteiger partial charge in [-0.15, -0.1) is 0 Å². The number of benzene rings is 1. The minimum absolute atomic E-state index is 0.291. The summed E-state index contributed by atoms with van der Waals surface area (Å²) in [7, 11) is 1.68. The van der Waals surface area contributed by atoms with Crippen LogP contribution in [0.3, 0.4) is 0 Å². The fourth-order valence-corrected chi connectivity index (χ4v) is 3.38. The van der Waals surface area contributed by atoms with Crippen LogP contribution in [-0.4, -0.2) is 12.7 Å². The van der Waals surface area contributed by atoms with Crippen molar-refractivity contribution in [3.8, 4) is 0 Å². The average molecular weight is 315 g/mol. The normalized spacial score (nSPS) is 22.0. The minimum atomic E-state index is -0.487. The molecule has 0 aromatic heterocycles. The van der Waals surface area contributed by atoms with Crippen LogP contribution in [0, 0.1) is 11.2 Å². The zero-order chi connectivity index (χ0) is 15.7. The van der Waals surface area contributed by atoms with Gasteiger partial charge in [0.1, 0.15) is 5.82 Å². The minimum Gasteiger partial charge on any atom is -0.376 e. The molecule has 1 aromatic rings. The van der Waals surface area contributed by atoms with Gasteiger partial charge in [0, 0.05) is 17.7 Å². The lowest BCUT2D eigenvalue weighted by molar-refractivity contribution is -0.0883. The zero-order valence-electron chi connectivity index (χ0n) is 12.9. The molecular weight excluding hydrogens is 291 g/mol. The van der Waals surface area contributed by atoms with Gasteiger partial charge in [-0.1, -0.05) is 31.5 Å². The van der Waals surface area contributed by atoms with E-state index in [2.05, 4.69) is 19.3 Å². The Balaban J connectivity index is 2.34. The van der Waals surface area contributed by atoms with E-state index >= 15 is 0 Å². The van der Waals surface area contributed by atoms with E-state index in [-0.39, 0.29) is 5.82 Å². The third-order valence-corrected chi connectivity index (χ3v) is 5.06. The van der Waals surface area contributed by atoms with E-state index in [0.717, 1.165) is 25.7 Å². The molecule has 3 N–H and O–H groups in total. The number of methoxy groups -OCH3 is 1. The van der Waals surface area contributed by atoms with Crippen LogP contribution in [0.15, 0.2) is 18.2 Å². The van der Waals surface area contributed by atoms with Gasteiger partial charge in [0.05, 0.1) is 11.6 Å². The fraction of sp³-hybridized carbons (Fsp3) is 0.625. The van der Waals surface area contributed by atoms with Crippen molar-refractivity contribution in [2.45, 2.75) is 51.2 Å². The van der Waals surface area contributed by atoms with Crippen molar-refractivity contribution in [1.82, 2.24) is 5.43 Å². The predicted molar refractivity (Wildman–Crippen MR) is 83.5 cm³/mol. The second-order valence-electron chi connectivity index (χ2n) is 6.70. The Hall–Kier alpha value is -0.680. The van der Waals surface area contributed by atoms with E-state index in [9.17, 15) is 4.39 Å². The van der Waals surface area contributed by atoms with Crippen LogP contribution >= 0.6 is 11.6 Å². The molecule has 1 fully saturated rings. The quantitative estimate of drug-likeness (QED) is 0.653. The summed E-state index contributed by atoms with van der Waals surface area (Å²) in [5.74, 6) is 5.39. The molecule has 0 heterocycles. The van der Waals surface area contributed by atoms with Gasteiger partial charge in [0.2, 0.25) is 0 Å². The molecule has 1 aliphatic rings. The third-order valence-electron chi connectivity index (χ3n) is 4.82. The summed E-state index contributed by atoms with van der Waals surface area (Å²) >= 11 is 5.83. The Kier molecular flexibility index (Phi) is 4.93. The highest BCUT2D eigenvalue weighted by Gasteiger charge is 2.45. The molecule has 0 spiro atoms. The Labute approximate surface area is 131 Å². The number of hydrogen-bond acceptors (Lipinski definition) is 3. The lowest BCUT2D eigenvalue weighted by atomic mass is 9.67. The van der Waals surface area contributed by atoms with Crippen molar-refractivity contribution < 1.29 is 9.13 Å². The summed E-state index contributed by atoms with van der Waals surface area (Å²) < 4.78 is 20.1. The maximum Gasteiger partial charge on any atom is 0.129 e. The largest absolute Gasteiger partial charge is 0.376 e. The van der Waals surface area contributed by atoms with E-state index in [4.69, 9.17) is 22.2 Å². The number of nitrogens with two attached hydrogens (primary N) is 1. The van der Waals surface area contributed by atoms with E-state index in [1.807, 2.05) is 0 Å². The molecule has 0 radical (unpaired) electrons. The summed E-state index contributed by atoms with van der Waals surface area (Å²) in [5.41, 5.74) is 3.07. The molecule has 21 heavy (non-hydrogen) atoms. The van der Waals surface area contributed by atoms with Crippen molar-refractivity contribution in [1.29, 1.82) is 0 Å². The van der Waals surface area contributed by atoms with Crippen molar-refractivity contribution in [3.05, 3.63) is 34.6 Å². The van der Waals surface area contributed by atoms with Gasteiger partial charge >= 0.3 is 0 Å². The fourth-order valence-electron chi connectivity index (χ4n) is 3.22. The van der Waals surface area contributed by atoms with Crippen LogP contribution in [0.25, 0.3) is 0 Å². The molecule has 1 aromatic carbocycles. The smallest absolute Gasteiger partial charge is 0.129 e. The monoisotopic (exact) mass is 314 g/mol. The SMILES string of the molecule is COC1(C(NN)c2ccc(Cl)cc2F)CCC(C)(C)CC1. The molecule has 1 saturated carbocycles. The first-order chi connectivity index (χ1) is 9.83. The Bertz CT molecular complexity index is 497. The molecule has 3 nitrogen and oxygen atoms in total. The van der Waals surface area contributed by atoms with Crippen LogP contribution in [0.5, 0.6) is 0 Å². The number of halogens is 2. The second-order valence-corrected chi connectivity index (χ2v) is 7.14. The number of nitrogens with one attached hydrogen (secondary N) is 1. The topological polar surface area (TPSA) is 47.3 Å². The molecule has 0 aliphatic heterocycles. The summed E-state index contributed by atoms with van der Waals surface area (Å²) in [4.78, 5) is 0. The Morgan fingerprint density at radius 2 is 1.90 bits per heavy atom. The molecule has 0 saturated heterocycles. The van der Waals surface area contributed by atoms with Crippen molar-refractivity contribution in [2.75, 3.05) is 7.11 Å². The lowest BCUT2D eigenvalue weighted by Crippen LogP contribution is -2.51. The number of rotatable bonds is 4. The van der Waals surface area contributed by atoms with Crippen molar-refractivity contribution >= 4 is 11.6 Å². The first kappa shape index (κ1) is 16.7. The van der Waals surface area contributed by atoms with E-state index in [0.29, 0.717) is 16.0 Å². The molecule has 1 aliphatic carbocycles. The van der Waals surface area contributed by atoms with E-state index in [1.165, 1.54) is 6.07 Å². The maximum absolute atomic E-state index is 14.3. The van der Waals surface area contributed by atoms with Crippen LogP contribution in [0.1, 0.15) is 51.1 Å². The maximum atomic E-state index is 14.3. The number of hydrogen-bond donors (Lipinski definition) is 2. The Morgan fingerprint density at radius 1 is 1.29 bits per heavy atom. The van der Waals surface area contributed by atoms with Gasteiger partial charge in [0.15, 0.2) is 0 Å². The number of ether oxygens (including phenoxy) is 1. The van der Waals surface area contributed by atoms with Crippen LogP contribution in [0.4, 0.5) is 4.39 Å². The lowest BCUT2D eigenvalue weighted by Gasteiger charge is -2.47. The second kappa shape index (κ2) is 6.21. The van der Waals surface area contributed by atoms with E-state index in [1.54, 1.807) is 19.2 Å². The highest BCUT2D eigenvalue weighted by atomic mass is 35.5. The summed E-state index contributed by atoms with van der Waals surface area (Å²) in [5, 5.41) is 0.378. The average Bonchev–Trinajstić information content (AvgIpc) is 2.44. The molecule has 0 bridgehead atoms. The van der Waals surface area contributed by atoms with Gasteiger partial charge in [-0.2, -0.15) is 0 Å². The van der Waals surface area contributed by atoms with Gasteiger partial charge in [-0.05, 0) is 43.2 Å². The van der Waals surface area contributed by atoms with Gasteiger partial charge in [0.25, 0.3) is 0 Å². The first-order valence-corrected chi connectivity index (χ1v) is 7.68. The molecule has 2 rings (SSSR count). The van der Waals surface area contributed by atoms with Crippen LogP contribution in [-0.2, 0) is 4.74 Å². The predicted octanol–water partition coefficient (Wildman–Crippen LogP) is 3.97. The third kappa shape index (κ3) is 3.39. The highest BCUT2D eigenvalue weighted by molar-refractivity contribution is 6.30. The summed E-state index contributed by atoms with van der Waals surface area (Å²) in [6.45, 7) is 4.50. The molecule has 0 amide bonds. The van der Waals surface area contributed by atoms with Gasteiger partial charge in [-0.3, -0.25) is 5.84 Å². The highest BCUT2D eigenvalue weighted by Crippen LogP contribution is 2.47. The summed E-state index contributed by atoms with van der Waals surface area (Å²) in [6.07, 6.45) is 3.73. The molecule has 118 valence electrons. The molecule has 5 heteroatoms. The zero-order valence-corrected chi connectivity index (χ0v) is 13.6. The van der Waals surface area contributed by atoms with Crippen LogP contribution < -0.4 is 11.3 Å². The van der Waals surface area contributed by atoms with Crippen LogP contribution in [0.2, 0.25) is 5.02 Å². The van der Waals surface area contributed by atoms with Crippen molar-refractivity contribution in [3.63, 3.8) is 0 Å². The molecule has 1 unspecified atom stereocenters.